The standard InChI is InChI=1S/C17H21NO5/c1-4-6-13-7-8-14(15(10-13)21-3)22-12-17(20)23-11-16(19)18-9-5-2/h4-8,10H,2,9,11-12H2,1,3H3,(H,18,19)/b6-4+. The van der Waals surface area contributed by atoms with Crippen molar-refractivity contribution >= 4 is 18.0 Å². The van der Waals surface area contributed by atoms with Crippen LogP contribution in [0.25, 0.3) is 6.08 Å². The second-order valence-electron chi connectivity index (χ2n) is 4.45. The number of methoxy groups -OCH3 is 1. The Morgan fingerprint density at radius 2 is 2.04 bits per heavy atom. The van der Waals surface area contributed by atoms with Gasteiger partial charge in [-0.2, -0.15) is 0 Å². The monoisotopic (exact) mass is 319 g/mol. The summed E-state index contributed by atoms with van der Waals surface area (Å²) < 4.78 is 15.4. The number of ether oxygens (including phenoxy) is 3. The van der Waals surface area contributed by atoms with Crippen molar-refractivity contribution in [1.82, 2.24) is 5.32 Å². The van der Waals surface area contributed by atoms with Gasteiger partial charge in [-0.15, -0.1) is 6.58 Å². The first kappa shape index (κ1) is 18.3. The second-order valence-corrected chi connectivity index (χ2v) is 4.45. The topological polar surface area (TPSA) is 73.9 Å². The molecule has 1 amide bonds. The number of amides is 1. The van der Waals surface area contributed by atoms with Crippen molar-refractivity contribution in [2.24, 2.45) is 0 Å². The number of rotatable bonds is 9. The van der Waals surface area contributed by atoms with Gasteiger partial charge in [0.25, 0.3) is 5.91 Å². The molecule has 0 unspecified atom stereocenters. The van der Waals surface area contributed by atoms with Gasteiger partial charge < -0.3 is 19.5 Å². The summed E-state index contributed by atoms with van der Waals surface area (Å²) in [5, 5.41) is 2.50. The molecule has 1 N–H and O–H groups in total. The molecule has 23 heavy (non-hydrogen) atoms. The van der Waals surface area contributed by atoms with E-state index in [1.807, 2.05) is 25.1 Å². The van der Waals surface area contributed by atoms with Crippen molar-refractivity contribution in [3.05, 3.63) is 42.5 Å². The van der Waals surface area contributed by atoms with Crippen molar-refractivity contribution in [2.75, 3.05) is 26.9 Å². The van der Waals surface area contributed by atoms with Gasteiger partial charge in [-0.25, -0.2) is 4.79 Å². The van der Waals surface area contributed by atoms with E-state index in [9.17, 15) is 9.59 Å². The quantitative estimate of drug-likeness (QED) is 0.556. The molecule has 1 aromatic carbocycles. The smallest absolute Gasteiger partial charge is 0.344 e. The van der Waals surface area contributed by atoms with Crippen LogP contribution in [-0.2, 0) is 14.3 Å². The normalized spacial score (nSPS) is 10.2. The number of hydrogen-bond acceptors (Lipinski definition) is 5. The second kappa shape index (κ2) is 10.0. The third-order valence-electron chi connectivity index (χ3n) is 2.70. The van der Waals surface area contributed by atoms with Gasteiger partial charge >= 0.3 is 5.97 Å². The first-order chi connectivity index (χ1) is 11.1. The van der Waals surface area contributed by atoms with Crippen LogP contribution in [0, 0.1) is 0 Å². The molecule has 0 atom stereocenters. The van der Waals surface area contributed by atoms with Gasteiger partial charge in [0.05, 0.1) is 7.11 Å². The van der Waals surface area contributed by atoms with Gasteiger partial charge in [0.2, 0.25) is 0 Å². The van der Waals surface area contributed by atoms with Crippen LogP contribution in [0.4, 0.5) is 0 Å². The van der Waals surface area contributed by atoms with Crippen LogP contribution in [0.2, 0.25) is 0 Å². The lowest BCUT2D eigenvalue weighted by Crippen LogP contribution is -2.29. The van der Waals surface area contributed by atoms with Gasteiger partial charge in [0, 0.05) is 6.54 Å². The highest BCUT2D eigenvalue weighted by Crippen LogP contribution is 2.28. The molecular weight excluding hydrogens is 298 g/mol. The SMILES string of the molecule is C=CCNC(=O)COC(=O)COc1ccc(/C=C/C)cc1OC. The average Bonchev–Trinajstić information content (AvgIpc) is 2.56. The van der Waals surface area contributed by atoms with Gasteiger partial charge in [0.1, 0.15) is 0 Å². The highest BCUT2D eigenvalue weighted by atomic mass is 16.6. The van der Waals surface area contributed by atoms with Crippen LogP contribution in [0.3, 0.4) is 0 Å². The molecule has 0 bridgehead atoms. The molecule has 6 heteroatoms. The molecule has 1 aromatic rings. The fourth-order valence-corrected chi connectivity index (χ4v) is 1.66. The molecule has 0 aliphatic carbocycles. The Hall–Kier alpha value is -2.76. The Balaban J connectivity index is 2.49. The molecule has 0 aromatic heterocycles. The van der Waals surface area contributed by atoms with Crippen LogP contribution < -0.4 is 14.8 Å². The molecule has 1 rings (SSSR count). The molecule has 0 heterocycles. The van der Waals surface area contributed by atoms with E-state index in [1.54, 1.807) is 12.1 Å². The van der Waals surface area contributed by atoms with E-state index in [-0.39, 0.29) is 13.2 Å². The molecule has 0 spiro atoms. The lowest BCUT2D eigenvalue weighted by molar-refractivity contribution is -0.150. The maximum Gasteiger partial charge on any atom is 0.344 e. The zero-order valence-corrected chi connectivity index (χ0v) is 13.3. The summed E-state index contributed by atoms with van der Waals surface area (Å²) in [6.45, 7) is 5.04. The average molecular weight is 319 g/mol. The van der Waals surface area contributed by atoms with E-state index in [2.05, 4.69) is 11.9 Å². The summed E-state index contributed by atoms with van der Waals surface area (Å²) in [5.41, 5.74) is 0.957. The number of benzene rings is 1. The van der Waals surface area contributed by atoms with Crippen molar-refractivity contribution in [2.45, 2.75) is 6.92 Å². The molecule has 0 saturated heterocycles. The highest BCUT2D eigenvalue weighted by Gasteiger charge is 2.10. The molecule has 0 fully saturated rings. The molecule has 0 radical (unpaired) electrons. The van der Waals surface area contributed by atoms with E-state index in [1.165, 1.54) is 13.2 Å². The summed E-state index contributed by atoms with van der Waals surface area (Å²) in [6.07, 6.45) is 5.36. The van der Waals surface area contributed by atoms with Crippen molar-refractivity contribution in [3.63, 3.8) is 0 Å². The van der Waals surface area contributed by atoms with Crippen LogP contribution >= 0.6 is 0 Å². The minimum atomic E-state index is -0.640. The number of carbonyl (C=O) groups is 2. The third-order valence-corrected chi connectivity index (χ3v) is 2.70. The molecule has 6 nitrogen and oxygen atoms in total. The maximum atomic E-state index is 11.6. The summed E-state index contributed by atoms with van der Waals surface area (Å²) >= 11 is 0. The van der Waals surface area contributed by atoms with E-state index >= 15 is 0 Å². The van der Waals surface area contributed by atoms with Crippen LogP contribution in [0.5, 0.6) is 11.5 Å². The molecule has 124 valence electrons. The van der Waals surface area contributed by atoms with Crippen LogP contribution in [0.15, 0.2) is 36.9 Å². The van der Waals surface area contributed by atoms with Crippen molar-refractivity contribution in [3.8, 4) is 11.5 Å². The number of hydrogen-bond donors (Lipinski definition) is 1. The van der Waals surface area contributed by atoms with E-state index in [4.69, 9.17) is 14.2 Å². The Morgan fingerprint density at radius 1 is 1.26 bits per heavy atom. The van der Waals surface area contributed by atoms with E-state index < -0.39 is 11.9 Å². The van der Waals surface area contributed by atoms with Crippen molar-refractivity contribution < 1.29 is 23.8 Å². The molecule has 0 aliphatic rings. The molecular formula is C17H21NO5. The lowest BCUT2D eigenvalue weighted by Gasteiger charge is -2.11. The first-order valence-electron chi connectivity index (χ1n) is 7.07. The first-order valence-corrected chi connectivity index (χ1v) is 7.07. The Bertz CT molecular complexity index is 580. The predicted octanol–water partition coefficient (Wildman–Crippen LogP) is 1.95. The number of carbonyl (C=O) groups excluding carboxylic acids is 2. The fourth-order valence-electron chi connectivity index (χ4n) is 1.66. The number of nitrogens with one attached hydrogen (secondary N) is 1. The summed E-state index contributed by atoms with van der Waals surface area (Å²) in [5.74, 6) is -0.101. The largest absolute Gasteiger partial charge is 0.493 e. The third kappa shape index (κ3) is 6.69. The lowest BCUT2D eigenvalue weighted by atomic mass is 10.2. The van der Waals surface area contributed by atoms with Crippen LogP contribution in [0.1, 0.15) is 12.5 Å². The Morgan fingerprint density at radius 3 is 2.70 bits per heavy atom. The Kier molecular flexibility index (Phi) is 7.99. The van der Waals surface area contributed by atoms with Gasteiger partial charge in [-0.3, -0.25) is 4.79 Å². The number of esters is 1. The van der Waals surface area contributed by atoms with Gasteiger partial charge in [0.15, 0.2) is 24.7 Å². The van der Waals surface area contributed by atoms with Gasteiger partial charge in [-0.1, -0.05) is 24.3 Å². The fraction of sp³-hybridized carbons (Fsp3) is 0.294. The predicted molar refractivity (Wildman–Crippen MR) is 87.4 cm³/mol. The number of allylic oxidation sites excluding steroid dienone is 1. The minimum absolute atomic E-state index is 0.311. The maximum absolute atomic E-state index is 11.6. The van der Waals surface area contributed by atoms with Crippen LogP contribution in [-0.4, -0.2) is 38.7 Å². The zero-order valence-electron chi connectivity index (χ0n) is 13.3. The minimum Gasteiger partial charge on any atom is -0.493 e. The Labute approximate surface area is 135 Å². The zero-order chi connectivity index (χ0) is 17.1. The van der Waals surface area contributed by atoms with E-state index in [0.717, 1.165) is 5.56 Å². The molecule has 0 saturated carbocycles. The molecule has 0 aliphatic heterocycles. The van der Waals surface area contributed by atoms with E-state index in [0.29, 0.717) is 18.0 Å². The summed E-state index contributed by atoms with van der Waals surface area (Å²) in [4.78, 5) is 22.8. The van der Waals surface area contributed by atoms with Crippen molar-refractivity contribution in [1.29, 1.82) is 0 Å². The van der Waals surface area contributed by atoms with Gasteiger partial charge in [-0.05, 0) is 24.6 Å². The summed E-state index contributed by atoms with van der Waals surface area (Å²) in [6, 6.07) is 5.34. The summed E-state index contributed by atoms with van der Waals surface area (Å²) in [7, 11) is 1.52. The highest BCUT2D eigenvalue weighted by molar-refractivity contribution is 5.81.